The van der Waals surface area contributed by atoms with Crippen LogP contribution in [0, 0.1) is 0 Å². The third-order valence-corrected chi connectivity index (χ3v) is 4.75. The van der Waals surface area contributed by atoms with Gasteiger partial charge in [0.05, 0.1) is 10.6 Å². The van der Waals surface area contributed by atoms with E-state index in [4.69, 9.17) is 0 Å². The normalized spacial score (nSPS) is 12.0. The fourth-order valence-electron chi connectivity index (χ4n) is 2.13. The molecule has 3 nitrogen and oxygen atoms in total. The number of nitrogens with one attached hydrogen (secondary N) is 1. The highest BCUT2D eigenvalue weighted by Gasteiger charge is 2.30. The maximum absolute atomic E-state index is 12.9. The van der Waals surface area contributed by atoms with Crippen molar-refractivity contribution in [1.29, 1.82) is 0 Å². The van der Waals surface area contributed by atoms with Gasteiger partial charge in [-0.15, -0.1) is 0 Å². The topological polar surface area (TPSA) is 44.6 Å². The molecule has 2 N–H and O–H groups in total. The summed E-state index contributed by atoms with van der Waals surface area (Å²) in [6.07, 6.45) is -4.40. The molecule has 138 valence electrons. The Morgan fingerprint density at radius 1 is 1.08 bits per heavy atom. The summed E-state index contributed by atoms with van der Waals surface area (Å²) in [6, 6.07) is 11.8. The molecule has 0 fully saturated rings. The van der Waals surface area contributed by atoms with E-state index >= 15 is 0 Å². The summed E-state index contributed by atoms with van der Waals surface area (Å²) in [5.74, 6) is 0.0905. The molecule has 0 heterocycles. The van der Waals surface area contributed by atoms with E-state index in [0.717, 1.165) is 17.7 Å². The second kappa shape index (κ2) is 8.31. The number of thioether (sulfide) groups is 1. The highest BCUT2D eigenvalue weighted by molar-refractivity contribution is 8.17. The van der Waals surface area contributed by atoms with E-state index < -0.39 is 11.7 Å². The van der Waals surface area contributed by atoms with Gasteiger partial charge in [0.15, 0.2) is 0 Å². The maximum atomic E-state index is 12.9. The Morgan fingerprint density at radius 2 is 1.77 bits per heavy atom. The minimum atomic E-state index is -4.40. The van der Waals surface area contributed by atoms with Gasteiger partial charge in [-0.2, -0.15) is 13.2 Å². The van der Waals surface area contributed by atoms with Gasteiger partial charge in [0.25, 0.3) is 0 Å². The van der Waals surface area contributed by atoms with Crippen LogP contribution in [0.25, 0.3) is 0 Å². The summed E-state index contributed by atoms with van der Waals surface area (Å²) >= 11 is 1.25. The highest BCUT2D eigenvalue weighted by atomic mass is 32.2. The monoisotopic (exact) mass is 380 g/mol. The number of aromatic hydroxyl groups is 1. The van der Waals surface area contributed by atoms with Gasteiger partial charge in [-0.05, 0) is 49.8 Å². The van der Waals surface area contributed by atoms with E-state index in [-0.39, 0.29) is 5.75 Å². The molecule has 26 heavy (non-hydrogen) atoms. The number of hydrogen-bond acceptors (Lipinski definition) is 4. The molecule has 0 aliphatic carbocycles. The van der Waals surface area contributed by atoms with E-state index in [2.05, 4.69) is 10.3 Å². The van der Waals surface area contributed by atoms with Crippen molar-refractivity contribution in [2.75, 3.05) is 12.4 Å². The molecule has 2 rings (SSSR count). The molecule has 0 aliphatic heterocycles. The van der Waals surface area contributed by atoms with Crippen LogP contribution < -0.4 is 5.32 Å². The zero-order valence-corrected chi connectivity index (χ0v) is 15.4. The first-order chi connectivity index (χ1) is 12.2. The number of aliphatic imine (C=N–C) groups is 1. The Morgan fingerprint density at radius 3 is 2.35 bits per heavy atom. The van der Waals surface area contributed by atoms with Crippen LogP contribution in [0.3, 0.4) is 0 Å². The number of halogens is 3. The first-order valence-corrected chi connectivity index (χ1v) is 8.58. The standard InChI is InChI=1S/C19H19F3N2OS/c1-12(2)17(24-14-8-6-7-13(11-14)19(20,21)22)26-18(23-3)15-9-4-5-10-16(15)25/h4-11,24-25H,1-3H3. The molecule has 7 heteroatoms. The fraction of sp³-hybridized carbons (Fsp3) is 0.211. The molecule has 0 spiro atoms. The summed E-state index contributed by atoms with van der Waals surface area (Å²) in [4.78, 5) is 4.21. The van der Waals surface area contributed by atoms with Crippen molar-refractivity contribution in [3.63, 3.8) is 0 Å². The molecule has 2 aromatic rings. The number of benzene rings is 2. The summed E-state index contributed by atoms with van der Waals surface area (Å²) in [5, 5.41) is 14.2. The third-order valence-electron chi connectivity index (χ3n) is 3.44. The van der Waals surface area contributed by atoms with Gasteiger partial charge in [-0.3, -0.25) is 4.99 Å². The molecule has 0 amide bonds. The van der Waals surface area contributed by atoms with Gasteiger partial charge in [0, 0.05) is 18.3 Å². The SMILES string of the molecule is CN=C(SC(Nc1cccc(C(F)(F)F)c1)=C(C)C)c1ccccc1O. The maximum Gasteiger partial charge on any atom is 0.416 e. The Balaban J connectivity index is 2.29. The number of alkyl halides is 3. The molecule has 0 atom stereocenters. The number of nitrogens with zero attached hydrogens (tertiary/aromatic N) is 1. The van der Waals surface area contributed by atoms with Gasteiger partial charge in [0.1, 0.15) is 10.8 Å². The van der Waals surface area contributed by atoms with Crippen molar-refractivity contribution in [1.82, 2.24) is 0 Å². The van der Waals surface area contributed by atoms with E-state index in [1.807, 2.05) is 13.8 Å². The van der Waals surface area contributed by atoms with Crippen LogP contribution in [0.4, 0.5) is 18.9 Å². The molecule has 0 unspecified atom stereocenters. The van der Waals surface area contributed by atoms with Crippen LogP contribution in [0.2, 0.25) is 0 Å². The van der Waals surface area contributed by atoms with E-state index in [0.29, 0.717) is 21.3 Å². The second-order valence-corrected chi connectivity index (χ2v) is 6.68. The summed E-state index contributed by atoms with van der Waals surface area (Å²) in [5.41, 5.74) is 1.05. The highest BCUT2D eigenvalue weighted by Crippen LogP contribution is 2.33. The average molecular weight is 380 g/mol. The van der Waals surface area contributed by atoms with Crippen LogP contribution in [-0.4, -0.2) is 17.2 Å². The quantitative estimate of drug-likeness (QED) is 0.514. The predicted molar refractivity (Wildman–Crippen MR) is 102 cm³/mol. The van der Waals surface area contributed by atoms with Crippen molar-refractivity contribution in [2.24, 2.45) is 4.99 Å². The van der Waals surface area contributed by atoms with Gasteiger partial charge < -0.3 is 10.4 Å². The van der Waals surface area contributed by atoms with Gasteiger partial charge in [-0.1, -0.05) is 30.0 Å². The molecule has 0 radical (unpaired) electrons. The fourth-order valence-corrected chi connectivity index (χ4v) is 3.07. The lowest BCUT2D eigenvalue weighted by molar-refractivity contribution is -0.137. The first-order valence-electron chi connectivity index (χ1n) is 7.77. The van der Waals surface area contributed by atoms with Crippen LogP contribution in [0.5, 0.6) is 5.75 Å². The van der Waals surface area contributed by atoms with E-state index in [1.165, 1.54) is 17.8 Å². The van der Waals surface area contributed by atoms with Crippen molar-refractivity contribution >= 4 is 22.5 Å². The molecule has 0 aromatic heterocycles. The molecular weight excluding hydrogens is 361 g/mol. The number of phenolic OH excluding ortho intramolecular Hbond substituents is 1. The van der Waals surface area contributed by atoms with Gasteiger partial charge in [-0.25, -0.2) is 0 Å². The molecule has 2 aromatic carbocycles. The minimum Gasteiger partial charge on any atom is -0.507 e. The molecule has 0 saturated heterocycles. The third kappa shape index (κ3) is 5.05. The van der Waals surface area contributed by atoms with Crippen molar-refractivity contribution in [2.45, 2.75) is 20.0 Å². The molecule has 0 saturated carbocycles. The van der Waals surface area contributed by atoms with Crippen molar-refractivity contribution in [3.8, 4) is 5.75 Å². The Kier molecular flexibility index (Phi) is 6.37. The van der Waals surface area contributed by atoms with Crippen LogP contribution >= 0.6 is 11.8 Å². The number of phenols is 1. The summed E-state index contributed by atoms with van der Waals surface area (Å²) in [7, 11) is 1.60. The van der Waals surface area contributed by atoms with Crippen molar-refractivity contribution in [3.05, 3.63) is 70.3 Å². The summed E-state index contributed by atoms with van der Waals surface area (Å²) in [6.45, 7) is 3.70. The lowest BCUT2D eigenvalue weighted by Gasteiger charge is -2.16. The van der Waals surface area contributed by atoms with Gasteiger partial charge >= 0.3 is 6.18 Å². The Labute approximate surface area is 154 Å². The predicted octanol–water partition coefficient (Wildman–Crippen LogP) is 5.88. The van der Waals surface area contributed by atoms with Crippen LogP contribution in [0.1, 0.15) is 25.0 Å². The van der Waals surface area contributed by atoms with Crippen molar-refractivity contribution < 1.29 is 18.3 Å². The first kappa shape index (κ1) is 19.9. The largest absolute Gasteiger partial charge is 0.507 e. The van der Waals surface area contributed by atoms with Gasteiger partial charge in [0.2, 0.25) is 0 Å². The van der Waals surface area contributed by atoms with Crippen LogP contribution in [0.15, 0.2) is 64.1 Å². The number of anilines is 1. The van der Waals surface area contributed by atoms with E-state index in [9.17, 15) is 18.3 Å². The Hall–Kier alpha value is -2.41. The molecular formula is C19H19F3N2OS. The lowest BCUT2D eigenvalue weighted by Crippen LogP contribution is -2.07. The zero-order chi connectivity index (χ0) is 19.3. The van der Waals surface area contributed by atoms with Crippen LogP contribution in [-0.2, 0) is 6.18 Å². The molecule has 0 aliphatic rings. The number of rotatable bonds is 4. The number of allylic oxidation sites excluding steroid dienone is 1. The second-order valence-electron chi connectivity index (χ2n) is 5.68. The number of hydrogen-bond donors (Lipinski definition) is 2. The van der Waals surface area contributed by atoms with E-state index in [1.54, 1.807) is 37.4 Å². The zero-order valence-electron chi connectivity index (χ0n) is 14.6. The Bertz CT molecular complexity index is 841. The molecule has 0 bridgehead atoms. The minimum absolute atomic E-state index is 0.0905. The average Bonchev–Trinajstić information content (AvgIpc) is 2.58. The smallest absolute Gasteiger partial charge is 0.416 e. The lowest BCUT2D eigenvalue weighted by atomic mass is 10.2. The summed E-state index contributed by atoms with van der Waals surface area (Å²) < 4.78 is 38.7. The number of para-hydroxylation sites is 1.